The van der Waals surface area contributed by atoms with Crippen LogP contribution in [0.5, 0.6) is 5.75 Å². The van der Waals surface area contributed by atoms with Gasteiger partial charge in [-0.1, -0.05) is 90.6 Å². The summed E-state index contributed by atoms with van der Waals surface area (Å²) in [6, 6.07) is 23.6. The van der Waals surface area contributed by atoms with Gasteiger partial charge in [-0.05, 0) is 48.2 Å². The van der Waals surface area contributed by atoms with Crippen LogP contribution in [0, 0.1) is 0 Å². The number of hydrogen-bond donors (Lipinski definition) is 1. The molecular weight excluding hydrogens is 495 g/mol. The average molecular weight is 525 g/mol. The Morgan fingerprint density at radius 1 is 0.889 bits per heavy atom. The first-order chi connectivity index (χ1) is 17.5. The summed E-state index contributed by atoms with van der Waals surface area (Å²) < 4.78 is 5.77. The lowest BCUT2D eigenvalue weighted by atomic mass is 10.0. The summed E-state index contributed by atoms with van der Waals surface area (Å²) in [5, 5.41) is 4.03. The molecule has 0 radical (unpaired) electrons. The van der Waals surface area contributed by atoms with Gasteiger partial charge in [-0.25, -0.2) is 0 Å². The van der Waals surface area contributed by atoms with Gasteiger partial charge in [-0.3, -0.25) is 9.59 Å². The van der Waals surface area contributed by atoms with Crippen LogP contribution in [-0.4, -0.2) is 35.4 Å². The second kappa shape index (κ2) is 12.8. The Labute approximate surface area is 222 Å². The van der Waals surface area contributed by atoms with Gasteiger partial charge in [0.1, 0.15) is 11.8 Å². The number of carbonyl (C=O) groups excluding carboxylic acids is 2. The predicted molar refractivity (Wildman–Crippen MR) is 143 cm³/mol. The Morgan fingerprint density at radius 2 is 1.56 bits per heavy atom. The SMILES string of the molecule is O=C(NC1CCCC1)C(Cc1ccccc1)N(Cc1ccc(Cl)c(Cl)c1)C(=O)COc1ccccc1. The van der Waals surface area contributed by atoms with Crippen molar-refractivity contribution in [1.29, 1.82) is 0 Å². The molecule has 3 aromatic carbocycles. The molecule has 0 spiro atoms. The molecule has 0 aliphatic heterocycles. The summed E-state index contributed by atoms with van der Waals surface area (Å²) in [5.74, 6) is 0.154. The van der Waals surface area contributed by atoms with E-state index >= 15 is 0 Å². The highest BCUT2D eigenvalue weighted by atomic mass is 35.5. The summed E-state index contributed by atoms with van der Waals surface area (Å²) in [6.45, 7) is 0.0107. The minimum absolute atomic E-state index is 0.137. The van der Waals surface area contributed by atoms with Crippen molar-refractivity contribution in [3.8, 4) is 5.75 Å². The van der Waals surface area contributed by atoms with E-state index in [1.807, 2.05) is 54.6 Å². The number of halogens is 2. The fourth-order valence-electron chi connectivity index (χ4n) is 4.50. The first kappa shape index (κ1) is 26.1. The first-order valence-electron chi connectivity index (χ1n) is 12.2. The maximum absolute atomic E-state index is 13.6. The van der Waals surface area contributed by atoms with Gasteiger partial charge in [-0.2, -0.15) is 0 Å². The van der Waals surface area contributed by atoms with Crippen LogP contribution in [0.15, 0.2) is 78.9 Å². The Kier molecular flexibility index (Phi) is 9.26. The van der Waals surface area contributed by atoms with E-state index in [0.29, 0.717) is 22.2 Å². The van der Waals surface area contributed by atoms with Crippen molar-refractivity contribution in [3.05, 3.63) is 100 Å². The second-order valence-corrected chi connectivity index (χ2v) is 9.88. The first-order valence-corrected chi connectivity index (χ1v) is 13.0. The van der Waals surface area contributed by atoms with Gasteiger partial charge in [0.15, 0.2) is 6.61 Å². The van der Waals surface area contributed by atoms with Gasteiger partial charge >= 0.3 is 0 Å². The molecule has 1 aliphatic rings. The molecule has 1 saturated carbocycles. The summed E-state index contributed by atoms with van der Waals surface area (Å²) in [5.41, 5.74) is 1.75. The molecule has 4 rings (SSSR count). The van der Waals surface area contributed by atoms with Crippen LogP contribution in [0.3, 0.4) is 0 Å². The summed E-state index contributed by atoms with van der Waals surface area (Å²) in [6.07, 6.45) is 4.51. The molecule has 188 valence electrons. The Bertz CT molecular complexity index is 1150. The molecule has 0 bridgehead atoms. The quantitative estimate of drug-likeness (QED) is 0.350. The van der Waals surface area contributed by atoms with Crippen LogP contribution in [-0.2, 0) is 22.6 Å². The molecular formula is C29H30Cl2N2O3. The van der Waals surface area contributed by atoms with Crippen LogP contribution in [0.25, 0.3) is 0 Å². The number of carbonyl (C=O) groups is 2. The van der Waals surface area contributed by atoms with Crippen molar-refractivity contribution in [1.82, 2.24) is 10.2 Å². The fraction of sp³-hybridized carbons (Fsp3) is 0.310. The van der Waals surface area contributed by atoms with Crippen molar-refractivity contribution in [2.75, 3.05) is 6.61 Å². The summed E-state index contributed by atoms with van der Waals surface area (Å²) in [4.78, 5) is 28.8. The Balaban J connectivity index is 1.62. The zero-order valence-corrected chi connectivity index (χ0v) is 21.5. The molecule has 1 fully saturated rings. The van der Waals surface area contributed by atoms with E-state index < -0.39 is 6.04 Å². The van der Waals surface area contributed by atoms with E-state index in [4.69, 9.17) is 27.9 Å². The zero-order chi connectivity index (χ0) is 25.3. The van der Waals surface area contributed by atoms with Crippen molar-refractivity contribution < 1.29 is 14.3 Å². The largest absolute Gasteiger partial charge is 0.484 e. The number of rotatable bonds is 10. The second-order valence-electron chi connectivity index (χ2n) is 9.07. The van der Waals surface area contributed by atoms with Gasteiger partial charge in [0, 0.05) is 19.0 Å². The summed E-state index contributed by atoms with van der Waals surface area (Å²) >= 11 is 12.4. The Hall–Kier alpha value is -3.02. The molecule has 0 heterocycles. The third-order valence-corrected chi connectivity index (χ3v) is 7.15. The Morgan fingerprint density at radius 3 is 2.22 bits per heavy atom. The lowest BCUT2D eigenvalue weighted by Gasteiger charge is -2.32. The zero-order valence-electron chi connectivity index (χ0n) is 20.0. The standard InChI is InChI=1S/C29H30Cl2N2O3/c30-25-16-15-22(17-26(25)31)19-33(28(34)20-36-24-13-5-2-6-14-24)27(18-21-9-3-1-4-10-21)29(35)32-23-11-7-8-12-23/h1-6,9-10,13-17,23,27H,7-8,11-12,18-20H2,(H,32,35). The van der Waals surface area contributed by atoms with Crippen LogP contribution < -0.4 is 10.1 Å². The third-order valence-electron chi connectivity index (χ3n) is 6.42. The van der Waals surface area contributed by atoms with Crippen LogP contribution in [0.4, 0.5) is 0 Å². The lowest BCUT2D eigenvalue weighted by Crippen LogP contribution is -2.53. The number of para-hydroxylation sites is 1. The number of ether oxygens (including phenoxy) is 1. The fourth-order valence-corrected chi connectivity index (χ4v) is 4.82. The monoisotopic (exact) mass is 524 g/mol. The van der Waals surface area contributed by atoms with E-state index in [9.17, 15) is 9.59 Å². The van der Waals surface area contributed by atoms with Gasteiger partial charge in [0.05, 0.1) is 10.0 Å². The highest BCUT2D eigenvalue weighted by Crippen LogP contribution is 2.25. The molecule has 0 aromatic heterocycles. The molecule has 36 heavy (non-hydrogen) atoms. The van der Waals surface area contributed by atoms with E-state index in [1.54, 1.807) is 29.2 Å². The smallest absolute Gasteiger partial charge is 0.261 e. The normalized spacial score (nSPS) is 14.3. The molecule has 1 unspecified atom stereocenters. The number of hydrogen-bond acceptors (Lipinski definition) is 3. The van der Waals surface area contributed by atoms with Gasteiger partial charge in [0.2, 0.25) is 5.91 Å². The number of amides is 2. The van der Waals surface area contributed by atoms with Crippen LogP contribution in [0.2, 0.25) is 10.0 Å². The van der Waals surface area contributed by atoms with Crippen molar-refractivity contribution in [2.24, 2.45) is 0 Å². The predicted octanol–water partition coefficient (Wildman–Crippen LogP) is 6.07. The topological polar surface area (TPSA) is 58.6 Å². The van der Waals surface area contributed by atoms with E-state index in [2.05, 4.69) is 5.32 Å². The van der Waals surface area contributed by atoms with E-state index in [1.165, 1.54) is 0 Å². The summed E-state index contributed by atoms with van der Waals surface area (Å²) in [7, 11) is 0. The molecule has 3 aromatic rings. The lowest BCUT2D eigenvalue weighted by molar-refractivity contribution is -0.143. The van der Waals surface area contributed by atoms with Gasteiger partial charge < -0.3 is 15.0 Å². The molecule has 2 amide bonds. The molecule has 7 heteroatoms. The van der Waals surface area contributed by atoms with Crippen molar-refractivity contribution in [3.63, 3.8) is 0 Å². The average Bonchev–Trinajstić information content (AvgIpc) is 3.41. The molecule has 1 aliphatic carbocycles. The van der Waals surface area contributed by atoms with Crippen LogP contribution in [0.1, 0.15) is 36.8 Å². The van der Waals surface area contributed by atoms with Crippen molar-refractivity contribution >= 4 is 35.0 Å². The number of nitrogens with zero attached hydrogens (tertiary/aromatic N) is 1. The maximum atomic E-state index is 13.6. The highest BCUT2D eigenvalue weighted by Gasteiger charge is 2.32. The molecule has 1 atom stereocenters. The van der Waals surface area contributed by atoms with E-state index in [0.717, 1.165) is 36.8 Å². The number of benzene rings is 3. The molecule has 1 N–H and O–H groups in total. The van der Waals surface area contributed by atoms with Crippen LogP contribution >= 0.6 is 23.2 Å². The van der Waals surface area contributed by atoms with Crippen molar-refractivity contribution in [2.45, 2.75) is 50.7 Å². The third kappa shape index (κ3) is 7.25. The number of nitrogens with one attached hydrogen (secondary N) is 1. The molecule has 0 saturated heterocycles. The maximum Gasteiger partial charge on any atom is 0.261 e. The van der Waals surface area contributed by atoms with E-state index in [-0.39, 0.29) is 31.0 Å². The molecule has 5 nitrogen and oxygen atoms in total. The minimum atomic E-state index is -0.714. The van der Waals surface area contributed by atoms with Gasteiger partial charge in [0.25, 0.3) is 5.91 Å². The van der Waals surface area contributed by atoms with Gasteiger partial charge in [-0.15, -0.1) is 0 Å². The highest BCUT2D eigenvalue weighted by molar-refractivity contribution is 6.42. The minimum Gasteiger partial charge on any atom is -0.484 e.